The van der Waals surface area contributed by atoms with Crippen LogP contribution in [-0.4, -0.2) is 47.4 Å². The molecule has 1 fully saturated rings. The van der Waals surface area contributed by atoms with Crippen molar-refractivity contribution in [3.8, 4) is 5.75 Å². The summed E-state index contributed by atoms with van der Waals surface area (Å²) in [7, 11) is 1.35. The van der Waals surface area contributed by atoms with Gasteiger partial charge in [-0.1, -0.05) is 44.2 Å². The number of piperazine rings is 1. The second-order valence-electron chi connectivity index (χ2n) is 11.8. The van der Waals surface area contributed by atoms with Crippen LogP contribution in [0.25, 0.3) is 0 Å². The Balaban J connectivity index is 1.80. The number of ether oxygens (including phenoxy) is 1. The standard InChI is InChI=1S/C30H38FN3O4/c1-17(2)13-23-27(35)32-25(21-14-18-9-7-8-10-19(18)15-21)29(37)34(23)26(28(36)33-30(3,4)5)20-11-12-22(31)24(16-20)38-6/h7-12,16-17,21,23,25-26H,13-15H2,1-6H3,(H,32,35)(H,33,36)/t23-,25-,26-/m1/s1. The van der Waals surface area contributed by atoms with E-state index in [4.69, 9.17) is 4.74 Å². The average Bonchev–Trinajstić information content (AvgIpc) is 3.26. The zero-order chi connectivity index (χ0) is 27.8. The predicted molar refractivity (Wildman–Crippen MR) is 143 cm³/mol. The summed E-state index contributed by atoms with van der Waals surface area (Å²) in [4.78, 5) is 43.3. The number of fused-ring (bicyclic) bond motifs is 1. The van der Waals surface area contributed by atoms with Crippen LogP contribution in [-0.2, 0) is 27.2 Å². The van der Waals surface area contributed by atoms with Crippen LogP contribution in [0.5, 0.6) is 5.75 Å². The number of nitrogens with one attached hydrogen (secondary N) is 2. The molecule has 0 unspecified atom stereocenters. The van der Waals surface area contributed by atoms with Crippen molar-refractivity contribution in [2.45, 2.75) is 77.5 Å². The molecule has 4 rings (SSSR count). The molecule has 204 valence electrons. The molecular weight excluding hydrogens is 485 g/mol. The zero-order valence-electron chi connectivity index (χ0n) is 23.0. The second kappa shape index (κ2) is 10.8. The largest absolute Gasteiger partial charge is 0.494 e. The zero-order valence-corrected chi connectivity index (χ0v) is 23.0. The van der Waals surface area contributed by atoms with Gasteiger partial charge in [0.2, 0.25) is 17.7 Å². The molecule has 8 heteroatoms. The topological polar surface area (TPSA) is 87.7 Å². The van der Waals surface area contributed by atoms with Crippen molar-refractivity contribution in [1.82, 2.24) is 15.5 Å². The molecule has 1 aliphatic carbocycles. The number of hydrogen-bond donors (Lipinski definition) is 2. The molecule has 2 aromatic rings. The Morgan fingerprint density at radius 1 is 1.13 bits per heavy atom. The van der Waals surface area contributed by atoms with E-state index in [-0.39, 0.29) is 29.4 Å². The lowest BCUT2D eigenvalue weighted by Gasteiger charge is -2.45. The number of carbonyl (C=O) groups is 3. The van der Waals surface area contributed by atoms with Gasteiger partial charge in [0.25, 0.3) is 0 Å². The second-order valence-corrected chi connectivity index (χ2v) is 11.8. The number of hydrogen-bond acceptors (Lipinski definition) is 4. The summed E-state index contributed by atoms with van der Waals surface area (Å²) in [5.74, 6) is -1.66. The number of methoxy groups -OCH3 is 1. The Morgan fingerprint density at radius 3 is 2.32 bits per heavy atom. The van der Waals surface area contributed by atoms with Crippen molar-refractivity contribution in [2.75, 3.05) is 7.11 Å². The molecule has 3 amide bonds. The number of halogens is 1. The fraction of sp³-hybridized carbons (Fsp3) is 0.500. The first-order chi connectivity index (χ1) is 17.9. The molecule has 2 N–H and O–H groups in total. The van der Waals surface area contributed by atoms with Gasteiger partial charge < -0.3 is 20.3 Å². The molecule has 3 atom stereocenters. The number of amides is 3. The van der Waals surface area contributed by atoms with Gasteiger partial charge in [-0.2, -0.15) is 0 Å². The first-order valence-corrected chi connectivity index (χ1v) is 13.2. The van der Waals surface area contributed by atoms with Crippen molar-refractivity contribution < 1.29 is 23.5 Å². The lowest BCUT2D eigenvalue weighted by molar-refractivity contribution is -0.158. The van der Waals surface area contributed by atoms with Gasteiger partial charge in [0.05, 0.1) is 7.11 Å². The van der Waals surface area contributed by atoms with Crippen LogP contribution in [0, 0.1) is 17.7 Å². The number of carbonyl (C=O) groups excluding carboxylic acids is 3. The molecule has 1 heterocycles. The average molecular weight is 524 g/mol. The summed E-state index contributed by atoms with van der Waals surface area (Å²) >= 11 is 0. The van der Waals surface area contributed by atoms with Crippen LogP contribution in [0.3, 0.4) is 0 Å². The third kappa shape index (κ3) is 5.69. The van der Waals surface area contributed by atoms with E-state index in [0.29, 0.717) is 24.8 Å². The summed E-state index contributed by atoms with van der Waals surface area (Å²) in [5, 5.41) is 5.98. The van der Waals surface area contributed by atoms with Crippen molar-refractivity contribution in [1.29, 1.82) is 0 Å². The van der Waals surface area contributed by atoms with E-state index in [2.05, 4.69) is 10.6 Å². The SMILES string of the molecule is COc1cc([C@H](C(=O)NC(C)(C)C)N2C(=O)[C@@H](C3Cc4ccccc4C3)NC(=O)[C@H]2CC(C)C)ccc1F. The van der Waals surface area contributed by atoms with Crippen molar-refractivity contribution in [3.63, 3.8) is 0 Å². The summed E-state index contributed by atoms with van der Waals surface area (Å²) < 4.78 is 19.6. The number of rotatable bonds is 7. The van der Waals surface area contributed by atoms with Crippen LogP contribution >= 0.6 is 0 Å². The molecule has 2 aliphatic rings. The minimum atomic E-state index is -1.14. The van der Waals surface area contributed by atoms with E-state index < -0.39 is 35.4 Å². The molecule has 0 aromatic heterocycles. The maximum absolute atomic E-state index is 14.4. The van der Waals surface area contributed by atoms with Gasteiger partial charge in [0.15, 0.2) is 11.6 Å². The molecule has 2 aromatic carbocycles. The van der Waals surface area contributed by atoms with Crippen molar-refractivity contribution in [2.24, 2.45) is 11.8 Å². The van der Waals surface area contributed by atoms with E-state index in [1.165, 1.54) is 41.3 Å². The fourth-order valence-electron chi connectivity index (χ4n) is 5.60. The minimum Gasteiger partial charge on any atom is -0.494 e. The number of nitrogens with zero attached hydrogens (tertiary/aromatic N) is 1. The highest BCUT2D eigenvalue weighted by Gasteiger charge is 2.49. The first kappa shape index (κ1) is 27.6. The Kier molecular flexibility index (Phi) is 7.81. The molecule has 0 spiro atoms. The number of benzene rings is 2. The molecule has 1 saturated heterocycles. The molecule has 1 aliphatic heterocycles. The van der Waals surface area contributed by atoms with Gasteiger partial charge in [0, 0.05) is 5.54 Å². The van der Waals surface area contributed by atoms with Gasteiger partial charge in [-0.25, -0.2) is 4.39 Å². The van der Waals surface area contributed by atoms with Crippen LogP contribution in [0.2, 0.25) is 0 Å². The van der Waals surface area contributed by atoms with E-state index in [0.717, 1.165) is 0 Å². The summed E-state index contributed by atoms with van der Waals surface area (Å²) in [6.45, 7) is 9.49. The summed E-state index contributed by atoms with van der Waals surface area (Å²) in [5.41, 5.74) is 2.12. The Labute approximate surface area is 224 Å². The van der Waals surface area contributed by atoms with Crippen molar-refractivity contribution in [3.05, 3.63) is 65.0 Å². The first-order valence-electron chi connectivity index (χ1n) is 13.2. The van der Waals surface area contributed by atoms with Crippen LogP contribution < -0.4 is 15.4 Å². The van der Waals surface area contributed by atoms with Gasteiger partial charge in [-0.15, -0.1) is 0 Å². The van der Waals surface area contributed by atoms with Crippen LogP contribution in [0.4, 0.5) is 4.39 Å². The van der Waals surface area contributed by atoms with Gasteiger partial charge in [-0.3, -0.25) is 14.4 Å². The predicted octanol–water partition coefficient (Wildman–Crippen LogP) is 3.95. The molecule has 0 saturated carbocycles. The van der Waals surface area contributed by atoms with Crippen molar-refractivity contribution >= 4 is 17.7 Å². The van der Waals surface area contributed by atoms with E-state index in [1.54, 1.807) is 0 Å². The van der Waals surface area contributed by atoms with Crippen LogP contribution in [0.1, 0.15) is 63.8 Å². The highest BCUT2D eigenvalue weighted by molar-refractivity contribution is 6.00. The summed E-state index contributed by atoms with van der Waals surface area (Å²) in [6.07, 6.45) is 1.71. The third-order valence-electron chi connectivity index (χ3n) is 7.22. The lowest BCUT2D eigenvalue weighted by Crippen LogP contribution is -2.67. The Hall–Kier alpha value is -3.42. The third-order valence-corrected chi connectivity index (χ3v) is 7.22. The van der Waals surface area contributed by atoms with Gasteiger partial charge in [0.1, 0.15) is 18.1 Å². The van der Waals surface area contributed by atoms with Gasteiger partial charge in [-0.05, 0) is 80.7 Å². The Bertz CT molecular complexity index is 1200. The van der Waals surface area contributed by atoms with E-state index >= 15 is 0 Å². The smallest absolute Gasteiger partial charge is 0.247 e. The quantitative estimate of drug-likeness (QED) is 0.576. The van der Waals surface area contributed by atoms with Crippen LogP contribution in [0.15, 0.2) is 42.5 Å². The molecule has 0 bridgehead atoms. The monoisotopic (exact) mass is 523 g/mol. The van der Waals surface area contributed by atoms with E-state index in [9.17, 15) is 18.8 Å². The maximum Gasteiger partial charge on any atom is 0.247 e. The maximum atomic E-state index is 14.4. The minimum absolute atomic E-state index is 0.0341. The van der Waals surface area contributed by atoms with Gasteiger partial charge >= 0.3 is 0 Å². The highest BCUT2D eigenvalue weighted by atomic mass is 19.1. The summed E-state index contributed by atoms with van der Waals surface area (Å²) in [6, 6.07) is 9.43. The lowest BCUT2D eigenvalue weighted by atomic mass is 9.87. The van der Waals surface area contributed by atoms with E-state index in [1.807, 2.05) is 58.9 Å². The normalized spacial score (nSPS) is 20.8. The molecular formula is C30H38FN3O4. The fourth-order valence-corrected chi connectivity index (χ4v) is 5.60. The molecule has 0 radical (unpaired) electrons. The highest BCUT2D eigenvalue weighted by Crippen LogP contribution is 2.36. The Morgan fingerprint density at radius 2 is 1.76 bits per heavy atom. The molecule has 7 nitrogen and oxygen atoms in total. The molecule has 38 heavy (non-hydrogen) atoms.